The molecule has 0 heterocycles. The highest BCUT2D eigenvalue weighted by molar-refractivity contribution is 9.10. The first-order chi connectivity index (χ1) is 9.88. The van der Waals surface area contributed by atoms with Gasteiger partial charge in [0, 0.05) is 23.9 Å². The summed E-state index contributed by atoms with van der Waals surface area (Å²) in [5.74, 6) is -0.349. The number of halogens is 2. The molecule has 4 nitrogen and oxygen atoms in total. The molecular formula is C15H14BrFN2O2. The van der Waals surface area contributed by atoms with Crippen molar-refractivity contribution in [2.75, 3.05) is 5.32 Å². The van der Waals surface area contributed by atoms with Crippen molar-refractivity contribution in [2.45, 2.75) is 20.4 Å². The van der Waals surface area contributed by atoms with Crippen LogP contribution in [0, 0.1) is 29.8 Å². The maximum absolute atomic E-state index is 13.5. The molecule has 0 fully saturated rings. The fraction of sp³-hybridized carbons (Fsp3) is 0.200. The van der Waals surface area contributed by atoms with Crippen LogP contribution in [0.4, 0.5) is 15.8 Å². The summed E-state index contributed by atoms with van der Waals surface area (Å²) in [6, 6.07) is 8.16. The Morgan fingerprint density at radius 2 is 1.95 bits per heavy atom. The lowest BCUT2D eigenvalue weighted by atomic mass is 10.1. The van der Waals surface area contributed by atoms with Crippen LogP contribution in [0.3, 0.4) is 0 Å². The van der Waals surface area contributed by atoms with Gasteiger partial charge in [0.05, 0.1) is 9.40 Å². The summed E-state index contributed by atoms with van der Waals surface area (Å²) in [5.41, 5.74) is 3.04. The number of aryl methyl sites for hydroxylation is 2. The number of benzene rings is 2. The van der Waals surface area contributed by atoms with E-state index in [1.807, 2.05) is 13.0 Å². The van der Waals surface area contributed by atoms with Gasteiger partial charge >= 0.3 is 0 Å². The first-order valence-electron chi connectivity index (χ1n) is 6.32. The minimum absolute atomic E-state index is 0.0907. The summed E-state index contributed by atoms with van der Waals surface area (Å²) in [6.45, 7) is 3.96. The highest BCUT2D eigenvalue weighted by Crippen LogP contribution is 2.25. The smallest absolute Gasteiger partial charge is 0.272 e. The van der Waals surface area contributed by atoms with Crippen LogP contribution in [-0.4, -0.2) is 4.92 Å². The predicted octanol–water partition coefficient (Wildman–Crippen LogP) is 4.73. The Kier molecular flexibility index (Phi) is 4.57. The predicted molar refractivity (Wildman–Crippen MR) is 84.0 cm³/mol. The van der Waals surface area contributed by atoms with Crippen LogP contribution in [0.5, 0.6) is 0 Å². The zero-order valence-electron chi connectivity index (χ0n) is 11.6. The van der Waals surface area contributed by atoms with E-state index in [2.05, 4.69) is 21.2 Å². The minimum Gasteiger partial charge on any atom is -0.381 e. The van der Waals surface area contributed by atoms with Crippen LogP contribution in [0.1, 0.15) is 16.7 Å². The molecule has 0 saturated heterocycles. The van der Waals surface area contributed by atoms with Crippen molar-refractivity contribution in [3.05, 3.63) is 67.4 Å². The second kappa shape index (κ2) is 6.22. The third kappa shape index (κ3) is 3.58. The highest BCUT2D eigenvalue weighted by Gasteiger charge is 2.11. The van der Waals surface area contributed by atoms with Gasteiger partial charge in [0.15, 0.2) is 0 Å². The van der Waals surface area contributed by atoms with Gasteiger partial charge in [-0.05, 0) is 53.0 Å². The van der Waals surface area contributed by atoms with E-state index in [1.165, 1.54) is 12.1 Å². The summed E-state index contributed by atoms with van der Waals surface area (Å²) in [4.78, 5) is 10.5. The van der Waals surface area contributed by atoms with Crippen LogP contribution in [0.2, 0.25) is 0 Å². The Hall–Kier alpha value is -1.95. The van der Waals surface area contributed by atoms with Gasteiger partial charge < -0.3 is 5.32 Å². The molecule has 110 valence electrons. The molecule has 2 aromatic carbocycles. The van der Waals surface area contributed by atoms with Gasteiger partial charge in [-0.2, -0.15) is 0 Å². The maximum atomic E-state index is 13.5. The topological polar surface area (TPSA) is 55.2 Å². The van der Waals surface area contributed by atoms with Crippen molar-refractivity contribution in [2.24, 2.45) is 0 Å². The van der Waals surface area contributed by atoms with Gasteiger partial charge in [0.2, 0.25) is 0 Å². The lowest BCUT2D eigenvalue weighted by molar-refractivity contribution is -0.385. The Labute approximate surface area is 130 Å². The average Bonchev–Trinajstić information content (AvgIpc) is 2.42. The first kappa shape index (κ1) is 15.4. The van der Waals surface area contributed by atoms with Crippen LogP contribution < -0.4 is 5.32 Å². The molecule has 0 unspecified atom stereocenters. The number of nitro benzene ring substituents is 1. The number of nitrogens with zero attached hydrogens (tertiary/aromatic N) is 1. The SMILES string of the molecule is Cc1cc(Br)c(F)cc1NCc1ccc(C)c([N+](=O)[O-])c1. The van der Waals surface area contributed by atoms with Crippen molar-refractivity contribution < 1.29 is 9.31 Å². The zero-order chi connectivity index (χ0) is 15.6. The zero-order valence-corrected chi connectivity index (χ0v) is 13.2. The molecule has 21 heavy (non-hydrogen) atoms. The Morgan fingerprint density at radius 1 is 1.24 bits per heavy atom. The summed E-state index contributed by atoms with van der Waals surface area (Å²) in [6.07, 6.45) is 0. The van der Waals surface area contributed by atoms with Crippen molar-refractivity contribution in [3.63, 3.8) is 0 Å². The van der Waals surface area contributed by atoms with E-state index in [9.17, 15) is 14.5 Å². The van der Waals surface area contributed by atoms with Crippen LogP contribution in [0.15, 0.2) is 34.8 Å². The Bertz CT molecular complexity index is 704. The van der Waals surface area contributed by atoms with Crippen molar-refractivity contribution >= 4 is 27.3 Å². The molecule has 0 aliphatic rings. The van der Waals surface area contributed by atoms with Crippen molar-refractivity contribution in [1.82, 2.24) is 0 Å². The minimum atomic E-state index is -0.399. The standard InChI is InChI=1S/C15H14BrFN2O2/c1-9-3-4-11(6-15(9)19(20)21)8-18-14-7-13(17)12(16)5-10(14)2/h3-7,18H,8H2,1-2H3. The van der Waals surface area contributed by atoms with E-state index in [0.717, 1.165) is 11.1 Å². The normalized spacial score (nSPS) is 10.5. The van der Waals surface area contributed by atoms with Crippen molar-refractivity contribution in [3.8, 4) is 0 Å². The largest absolute Gasteiger partial charge is 0.381 e. The molecule has 0 spiro atoms. The highest BCUT2D eigenvalue weighted by atomic mass is 79.9. The first-order valence-corrected chi connectivity index (χ1v) is 7.11. The molecule has 0 amide bonds. The molecule has 2 aromatic rings. The number of hydrogen-bond donors (Lipinski definition) is 1. The number of hydrogen-bond acceptors (Lipinski definition) is 3. The summed E-state index contributed by atoms with van der Waals surface area (Å²) >= 11 is 3.13. The van der Waals surface area contributed by atoms with E-state index in [1.54, 1.807) is 19.1 Å². The third-order valence-corrected chi connectivity index (χ3v) is 3.83. The van der Waals surface area contributed by atoms with Gasteiger partial charge in [-0.15, -0.1) is 0 Å². The number of anilines is 1. The van der Waals surface area contributed by atoms with Gasteiger partial charge in [-0.1, -0.05) is 12.1 Å². The molecular weight excluding hydrogens is 339 g/mol. The number of nitrogens with one attached hydrogen (secondary N) is 1. The van der Waals surface area contributed by atoms with E-state index < -0.39 is 4.92 Å². The van der Waals surface area contributed by atoms with Gasteiger partial charge in [0.25, 0.3) is 5.69 Å². The van der Waals surface area contributed by atoms with Gasteiger partial charge in [0.1, 0.15) is 5.82 Å². The Balaban J connectivity index is 2.19. The molecule has 0 atom stereocenters. The molecule has 0 aliphatic heterocycles. The van der Waals surface area contributed by atoms with E-state index in [0.29, 0.717) is 22.3 Å². The van der Waals surface area contributed by atoms with Gasteiger partial charge in [-0.3, -0.25) is 10.1 Å². The van der Waals surface area contributed by atoms with Crippen LogP contribution in [0.25, 0.3) is 0 Å². The average molecular weight is 353 g/mol. The fourth-order valence-corrected chi connectivity index (χ4v) is 2.45. The lowest BCUT2D eigenvalue weighted by Gasteiger charge is -2.11. The second-order valence-electron chi connectivity index (χ2n) is 4.81. The molecule has 0 aliphatic carbocycles. The molecule has 0 bridgehead atoms. The van der Waals surface area contributed by atoms with Gasteiger partial charge in [-0.25, -0.2) is 4.39 Å². The van der Waals surface area contributed by atoms with Crippen molar-refractivity contribution in [1.29, 1.82) is 0 Å². The van der Waals surface area contributed by atoms with Crippen LogP contribution >= 0.6 is 15.9 Å². The van der Waals surface area contributed by atoms with E-state index >= 15 is 0 Å². The van der Waals surface area contributed by atoms with E-state index in [4.69, 9.17) is 0 Å². The monoisotopic (exact) mass is 352 g/mol. The van der Waals surface area contributed by atoms with E-state index in [-0.39, 0.29) is 11.5 Å². The fourth-order valence-electron chi connectivity index (χ4n) is 2.00. The molecule has 0 aromatic heterocycles. The number of nitro groups is 1. The Morgan fingerprint density at radius 3 is 2.62 bits per heavy atom. The maximum Gasteiger partial charge on any atom is 0.272 e. The third-order valence-electron chi connectivity index (χ3n) is 3.22. The van der Waals surface area contributed by atoms with Crippen LogP contribution in [-0.2, 0) is 6.54 Å². The molecule has 6 heteroatoms. The summed E-state index contributed by atoms with van der Waals surface area (Å²) in [7, 11) is 0. The quantitative estimate of drug-likeness (QED) is 0.639. The lowest BCUT2D eigenvalue weighted by Crippen LogP contribution is -2.03. The second-order valence-corrected chi connectivity index (χ2v) is 5.67. The molecule has 2 rings (SSSR count). The molecule has 0 radical (unpaired) electrons. The summed E-state index contributed by atoms with van der Waals surface area (Å²) < 4.78 is 13.9. The summed E-state index contributed by atoms with van der Waals surface area (Å²) in [5, 5.41) is 14.0. The molecule has 1 N–H and O–H groups in total. The molecule has 0 saturated carbocycles. The number of rotatable bonds is 4.